The second-order valence-corrected chi connectivity index (χ2v) is 26.4. The van der Waals surface area contributed by atoms with Crippen LogP contribution in [-0.4, -0.2) is 83.4 Å². The average Bonchev–Trinajstić information content (AvgIpc) is 4.44. The number of unbranched alkanes of at least 4 members (excludes halogenated alkanes) is 2. The number of ether oxygens (including phenoxy) is 6. The highest BCUT2D eigenvalue weighted by molar-refractivity contribution is 8.77. The molecule has 12 nitrogen and oxygen atoms in total. The molecular weight excluding hydrogens is 1170 g/mol. The summed E-state index contributed by atoms with van der Waals surface area (Å²) in [4.78, 5) is 57.9. The van der Waals surface area contributed by atoms with Crippen molar-refractivity contribution in [2.24, 2.45) is 0 Å². The lowest BCUT2D eigenvalue weighted by atomic mass is 9.99. The summed E-state index contributed by atoms with van der Waals surface area (Å²) in [6.07, 6.45) is 32.8. The first-order chi connectivity index (χ1) is 40.3. The lowest BCUT2D eigenvalue weighted by molar-refractivity contribution is -0.203. The summed E-state index contributed by atoms with van der Waals surface area (Å²) >= 11 is 16.5. The minimum absolute atomic E-state index is 0.288. The van der Waals surface area contributed by atoms with Crippen molar-refractivity contribution in [3.63, 3.8) is 0 Å². The standard InChI is InChI=1S/C38H48ClNO5S.C27H34ClNO5S3/c1-3-4-5-6-7-8-9-10-11-12-13-14-15-16-17-18-19-24-36(41)45-31(2)43-30-44-38(42)37(33-22-20-21-23-34(33)39)40-27-25-35-32(29-40)26-28-46-35;1-19(34-24(30)9-5-6-12-27(2)13-16-36-37-27)32-18-33-26(31)25(21-7-3-4-8-22(21)28)29-14-10-23-20(17-29)11-15-35-23/h4-5,7-8,10-11,13-14,16-17,20-23,26,28,31,37H,3,6,9,12,15,18-19,24-25,27,29-30H2,1-2H3;3-4,7-8,11,15,19,25H,5-6,9-10,12-14,16-18H2,1-2H3/b5-4-,8-7-,11-10-,14-13-,17-16-;/t31?,37-;19?,25-,27+/m00/s1. The van der Waals surface area contributed by atoms with Gasteiger partial charge in [-0.15, -0.1) is 22.7 Å². The molecule has 0 radical (unpaired) electrons. The first-order valence-corrected chi connectivity index (χ1v) is 33.8. The van der Waals surface area contributed by atoms with Gasteiger partial charge in [-0.25, -0.2) is 9.59 Å². The summed E-state index contributed by atoms with van der Waals surface area (Å²) < 4.78 is 33.0. The van der Waals surface area contributed by atoms with E-state index >= 15 is 0 Å². The highest BCUT2D eigenvalue weighted by Gasteiger charge is 2.36. The van der Waals surface area contributed by atoms with E-state index in [1.165, 1.54) is 33.1 Å². The molecule has 3 aliphatic rings. The third-order valence-electron chi connectivity index (χ3n) is 14.1. The van der Waals surface area contributed by atoms with Crippen LogP contribution in [0.25, 0.3) is 0 Å². The van der Waals surface area contributed by atoms with Gasteiger partial charge in [-0.2, -0.15) is 0 Å². The smallest absolute Gasteiger partial charge is 0.330 e. The molecule has 1 fully saturated rings. The van der Waals surface area contributed by atoms with Crippen LogP contribution in [-0.2, 0) is 73.5 Å². The second kappa shape index (κ2) is 37.9. The van der Waals surface area contributed by atoms with Crippen LogP contribution in [0.3, 0.4) is 0 Å². The number of nitrogens with zero attached hydrogens (tertiary/aromatic N) is 2. The van der Waals surface area contributed by atoms with E-state index in [1.54, 1.807) is 48.7 Å². The molecule has 0 saturated carbocycles. The van der Waals surface area contributed by atoms with E-state index in [4.69, 9.17) is 51.6 Å². The first kappa shape index (κ1) is 67.7. The number of fused-ring (bicyclic) bond motifs is 2. The van der Waals surface area contributed by atoms with Gasteiger partial charge in [0.25, 0.3) is 0 Å². The van der Waals surface area contributed by atoms with Crippen LogP contribution in [0.1, 0.15) is 155 Å². The molecule has 0 N–H and O–H groups in total. The van der Waals surface area contributed by atoms with E-state index in [2.05, 4.69) is 107 Å². The van der Waals surface area contributed by atoms with Crippen LogP contribution in [0.2, 0.25) is 10.0 Å². The molecule has 0 aliphatic carbocycles. The van der Waals surface area contributed by atoms with Crippen LogP contribution in [0.15, 0.2) is 132 Å². The molecule has 0 bridgehead atoms. The fourth-order valence-corrected chi connectivity index (χ4v) is 15.1. The summed E-state index contributed by atoms with van der Waals surface area (Å²) in [5.41, 5.74) is 3.85. The van der Waals surface area contributed by atoms with Gasteiger partial charge in [0, 0.05) is 69.3 Å². The third-order valence-corrected chi connectivity index (χ3v) is 20.2. The van der Waals surface area contributed by atoms with Gasteiger partial charge in [0.1, 0.15) is 12.1 Å². The summed E-state index contributed by atoms with van der Waals surface area (Å²) in [5, 5.41) is 5.19. The van der Waals surface area contributed by atoms with Crippen molar-refractivity contribution in [3.05, 3.63) is 174 Å². The predicted octanol–water partition coefficient (Wildman–Crippen LogP) is 16.8. The molecule has 4 aromatic rings. The SMILES string of the molecule is CC(OCOC(=O)[C@H](c1ccccc1Cl)N1CCc2sccc2C1)OC(=O)CCCC[C@]1(C)CCSS1.CC/C=C\C/C=C\C/C=C\C/C=C\C/C=C\CCCC(=O)OC(C)OCOC(=O)[C@H](c1ccccc1Cl)N1CCc2sccc2C1. The molecule has 5 heterocycles. The number of thiophene rings is 2. The number of halogens is 2. The van der Waals surface area contributed by atoms with Gasteiger partial charge in [-0.1, -0.05) is 155 Å². The summed E-state index contributed by atoms with van der Waals surface area (Å²) in [5.74, 6) is -0.342. The van der Waals surface area contributed by atoms with E-state index in [0.29, 0.717) is 58.4 Å². The molecule has 2 unspecified atom stereocenters. The van der Waals surface area contributed by atoms with Gasteiger partial charge >= 0.3 is 23.9 Å². The molecule has 0 amide bonds. The van der Waals surface area contributed by atoms with Crippen molar-refractivity contribution in [3.8, 4) is 0 Å². The van der Waals surface area contributed by atoms with Gasteiger partial charge in [0.2, 0.25) is 12.6 Å². The number of allylic oxidation sites excluding steroid dienone is 10. The Kier molecular flexibility index (Phi) is 30.9. The maximum absolute atomic E-state index is 13.3. The van der Waals surface area contributed by atoms with Crippen molar-refractivity contribution in [2.75, 3.05) is 32.4 Å². The first-order valence-electron chi connectivity index (χ1n) is 28.9. The zero-order valence-electron chi connectivity index (χ0n) is 48.4. The Morgan fingerprint density at radius 2 is 1.07 bits per heavy atom. The Bertz CT molecular complexity index is 2770. The minimum atomic E-state index is -0.837. The number of rotatable bonds is 32. The lowest BCUT2D eigenvalue weighted by Gasteiger charge is -2.33. The van der Waals surface area contributed by atoms with E-state index in [0.717, 1.165) is 77.2 Å². The Labute approximate surface area is 518 Å². The fraction of sp³-hybridized carbons (Fsp3) is 0.477. The Morgan fingerprint density at radius 3 is 1.53 bits per heavy atom. The number of carbonyl (C=O) groups excluding carboxylic acids is 4. The number of carbonyl (C=O) groups is 4. The normalized spacial score (nSPS) is 18.0. The quantitative estimate of drug-likeness (QED) is 0.0115. The van der Waals surface area contributed by atoms with Crippen molar-refractivity contribution >= 4 is 91.3 Å². The van der Waals surface area contributed by atoms with Crippen molar-refractivity contribution < 1.29 is 47.6 Å². The maximum atomic E-state index is 13.3. The highest BCUT2D eigenvalue weighted by Crippen LogP contribution is 2.49. The van der Waals surface area contributed by atoms with Gasteiger partial charge in [-0.3, -0.25) is 19.4 Å². The molecule has 2 aromatic heterocycles. The maximum Gasteiger partial charge on any atom is 0.330 e. The van der Waals surface area contributed by atoms with E-state index in [-0.39, 0.29) is 31.9 Å². The van der Waals surface area contributed by atoms with E-state index in [1.807, 2.05) is 58.0 Å². The van der Waals surface area contributed by atoms with Crippen LogP contribution in [0.4, 0.5) is 0 Å². The second-order valence-electron chi connectivity index (χ2n) is 20.6. The molecule has 18 heteroatoms. The Hall–Kier alpha value is -4.46. The van der Waals surface area contributed by atoms with Gasteiger partial charge in [0.15, 0.2) is 13.6 Å². The predicted molar refractivity (Wildman–Crippen MR) is 340 cm³/mol. The van der Waals surface area contributed by atoms with Crippen LogP contribution in [0, 0.1) is 0 Å². The summed E-state index contributed by atoms with van der Waals surface area (Å²) in [6, 6.07) is 17.6. The molecule has 1 saturated heterocycles. The van der Waals surface area contributed by atoms with Crippen LogP contribution < -0.4 is 0 Å². The Morgan fingerprint density at radius 1 is 0.614 bits per heavy atom. The molecule has 7 rings (SSSR count). The van der Waals surface area contributed by atoms with Gasteiger partial charge in [-0.05, 0) is 155 Å². The third kappa shape index (κ3) is 24.1. The average molecular weight is 1250 g/mol. The summed E-state index contributed by atoms with van der Waals surface area (Å²) in [6.45, 7) is 9.78. The molecule has 450 valence electrons. The van der Waals surface area contributed by atoms with Crippen molar-refractivity contribution in [1.29, 1.82) is 0 Å². The zero-order valence-corrected chi connectivity index (χ0v) is 53.2. The topological polar surface area (TPSA) is 130 Å². The van der Waals surface area contributed by atoms with Crippen LogP contribution in [0.5, 0.6) is 0 Å². The van der Waals surface area contributed by atoms with Gasteiger partial charge in [0.05, 0.1) is 0 Å². The van der Waals surface area contributed by atoms with Crippen molar-refractivity contribution in [2.45, 2.75) is 167 Å². The number of hydrogen-bond acceptors (Lipinski definition) is 16. The van der Waals surface area contributed by atoms with E-state index in [9.17, 15) is 19.2 Å². The lowest BCUT2D eigenvalue weighted by Crippen LogP contribution is -2.39. The molecule has 3 aliphatic heterocycles. The molecule has 83 heavy (non-hydrogen) atoms. The van der Waals surface area contributed by atoms with Crippen molar-refractivity contribution in [1.82, 2.24) is 9.80 Å². The number of hydrogen-bond donors (Lipinski definition) is 0. The van der Waals surface area contributed by atoms with E-state index < -0.39 is 36.6 Å². The summed E-state index contributed by atoms with van der Waals surface area (Å²) in [7, 11) is 3.90. The largest absolute Gasteiger partial charge is 0.437 e. The molecule has 0 spiro atoms. The van der Waals surface area contributed by atoms with Gasteiger partial charge < -0.3 is 28.4 Å². The highest BCUT2D eigenvalue weighted by atomic mass is 35.5. The minimum Gasteiger partial charge on any atom is -0.437 e. The zero-order chi connectivity index (χ0) is 59.1. The molecular formula is C65H82Cl2N2O10S4. The molecule has 2 aromatic carbocycles. The Balaban J connectivity index is 0.000000272. The fourth-order valence-electron chi connectivity index (χ4n) is 9.56. The van der Waals surface area contributed by atoms with Crippen LogP contribution >= 0.6 is 67.5 Å². The number of esters is 4. The molecule has 5 atom stereocenters. The monoisotopic (exact) mass is 1250 g/mol. The number of benzene rings is 2.